The van der Waals surface area contributed by atoms with Crippen LogP contribution in [-0.2, 0) is 4.79 Å². The van der Waals surface area contributed by atoms with E-state index < -0.39 is 0 Å². The molecule has 0 aromatic carbocycles. The minimum Gasteiger partial charge on any atom is -0.300 e. The second-order valence-electron chi connectivity index (χ2n) is 3.39. The summed E-state index contributed by atoms with van der Waals surface area (Å²) in [5.41, 5.74) is -0.257. The molecule has 0 unspecified atom stereocenters. The first-order chi connectivity index (χ1) is 5.22. The predicted octanol–water partition coefficient (Wildman–Crippen LogP) is 2.05. The first-order valence-electron chi connectivity index (χ1n) is 4.15. The van der Waals surface area contributed by atoms with Gasteiger partial charge in [0.25, 0.3) is 0 Å². The van der Waals surface area contributed by atoms with Crippen molar-refractivity contribution < 1.29 is 4.79 Å². The molecule has 60 valence electrons. The minimum absolute atomic E-state index is 0.252. The molecule has 0 heterocycles. The van der Waals surface area contributed by atoms with Gasteiger partial charge in [-0.2, -0.15) is 5.26 Å². The highest BCUT2D eigenvalue weighted by Gasteiger charge is 2.42. The van der Waals surface area contributed by atoms with Crippen molar-refractivity contribution in [3.05, 3.63) is 0 Å². The van der Waals surface area contributed by atoms with Crippen LogP contribution in [0.3, 0.4) is 0 Å². The Bertz CT molecular complexity index is 194. The van der Waals surface area contributed by atoms with E-state index in [4.69, 9.17) is 5.26 Å². The number of hydrogen-bond donors (Lipinski definition) is 0. The standard InChI is InChI=1S/C9H13NO/c1-2-3-4-9(7-10)5-8(11)6-9/h2-6H2,1H3. The predicted molar refractivity (Wildman–Crippen MR) is 41.8 cm³/mol. The lowest BCUT2D eigenvalue weighted by atomic mass is 9.66. The van der Waals surface area contributed by atoms with Gasteiger partial charge in [-0.3, -0.25) is 4.79 Å². The SMILES string of the molecule is CCCCC1(C#N)CC(=O)C1. The highest BCUT2D eigenvalue weighted by atomic mass is 16.1. The second-order valence-corrected chi connectivity index (χ2v) is 3.39. The van der Waals surface area contributed by atoms with Gasteiger partial charge in [0, 0.05) is 12.8 Å². The lowest BCUT2D eigenvalue weighted by Gasteiger charge is -2.33. The summed E-state index contributed by atoms with van der Waals surface area (Å²) in [6.45, 7) is 2.10. The van der Waals surface area contributed by atoms with Crippen molar-refractivity contribution >= 4 is 5.78 Å². The second kappa shape index (κ2) is 3.04. The van der Waals surface area contributed by atoms with Crippen molar-refractivity contribution in [2.75, 3.05) is 0 Å². The molecule has 0 atom stereocenters. The molecular weight excluding hydrogens is 138 g/mol. The van der Waals surface area contributed by atoms with E-state index >= 15 is 0 Å². The monoisotopic (exact) mass is 151 g/mol. The molecule has 2 nitrogen and oxygen atoms in total. The van der Waals surface area contributed by atoms with E-state index in [2.05, 4.69) is 13.0 Å². The smallest absolute Gasteiger partial charge is 0.136 e. The molecular formula is C9H13NO. The van der Waals surface area contributed by atoms with Crippen LogP contribution in [0.5, 0.6) is 0 Å². The summed E-state index contributed by atoms with van der Waals surface area (Å²) in [4.78, 5) is 10.7. The summed E-state index contributed by atoms with van der Waals surface area (Å²) >= 11 is 0. The lowest BCUT2D eigenvalue weighted by Crippen LogP contribution is -2.36. The first kappa shape index (κ1) is 8.26. The van der Waals surface area contributed by atoms with E-state index in [1.165, 1.54) is 0 Å². The third-order valence-corrected chi connectivity index (χ3v) is 2.32. The minimum atomic E-state index is -0.257. The Hall–Kier alpha value is -0.840. The van der Waals surface area contributed by atoms with Crippen LogP contribution in [0, 0.1) is 16.7 Å². The topological polar surface area (TPSA) is 40.9 Å². The van der Waals surface area contributed by atoms with E-state index in [0.29, 0.717) is 12.8 Å². The normalized spacial score (nSPS) is 20.5. The van der Waals surface area contributed by atoms with Crippen molar-refractivity contribution in [1.82, 2.24) is 0 Å². The van der Waals surface area contributed by atoms with Crippen LogP contribution in [0.25, 0.3) is 0 Å². The molecule has 0 N–H and O–H groups in total. The summed E-state index contributed by atoms with van der Waals surface area (Å²) in [7, 11) is 0. The Morgan fingerprint density at radius 2 is 2.27 bits per heavy atom. The number of ketones is 1. The van der Waals surface area contributed by atoms with Gasteiger partial charge in [0.05, 0.1) is 11.5 Å². The zero-order valence-electron chi connectivity index (χ0n) is 6.89. The number of Topliss-reactive ketones (excluding diaryl/α,β-unsaturated/α-hetero) is 1. The fraction of sp³-hybridized carbons (Fsp3) is 0.778. The Balaban J connectivity index is 2.39. The van der Waals surface area contributed by atoms with Gasteiger partial charge in [-0.1, -0.05) is 19.8 Å². The molecule has 11 heavy (non-hydrogen) atoms. The van der Waals surface area contributed by atoms with Crippen LogP contribution < -0.4 is 0 Å². The van der Waals surface area contributed by atoms with Crippen molar-refractivity contribution in [3.63, 3.8) is 0 Å². The van der Waals surface area contributed by atoms with Crippen LogP contribution in [0.1, 0.15) is 39.0 Å². The van der Waals surface area contributed by atoms with Crippen molar-refractivity contribution in [2.45, 2.75) is 39.0 Å². The summed E-state index contributed by atoms with van der Waals surface area (Å²) in [6.07, 6.45) is 4.09. The summed E-state index contributed by atoms with van der Waals surface area (Å²) < 4.78 is 0. The van der Waals surface area contributed by atoms with Gasteiger partial charge < -0.3 is 0 Å². The van der Waals surface area contributed by atoms with Crippen molar-refractivity contribution in [1.29, 1.82) is 5.26 Å². The van der Waals surface area contributed by atoms with Gasteiger partial charge >= 0.3 is 0 Å². The molecule has 1 fully saturated rings. The van der Waals surface area contributed by atoms with Crippen LogP contribution in [0.2, 0.25) is 0 Å². The molecule has 0 spiro atoms. The highest BCUT2D eigenvalue weighted by Crippen LogP contribution is 2.41. The van der Waals surface area contributed by atoms with Crippen LogP contribution >= 0.6 is 0 Å². The van der Waals surface area contributed by atoms with E-state index in [0.717, 1.165) is 19.3 Å². The van der Waals surface area contributed by atoms with Gasteiger partial charge in [0.2, 0.25) is 0 Å². The number of nitrogens with zero attached hydrogens (tertiary/aromatic N) is 1. The number of rotatable bonds is 3. The molecule has 0 aliphatic heterocycles. The molecule has 1 saturated carbocycles. The number of carbonyl (C=O) groups is 1. The molecule has 1 rings (SSSR count). The Kier molecular flexibility index (Phi) is 2.28. The maximum atomic E-state index is 10.7. The van der Waals surface area contributed by atoms with Crippen LogP contribution in [-0.4, -0.2) is 5.78 Å². The maximum absolute atomic E-state index is 10.7. The van der Waals surface area contributed by atoms with Gasteiger partial charge in [-0.15, -0.1) is 0 Å². The van der Waals surface area contributed by atoms with Crippen molar-refractivity contribution in [2.24, 2.45) is 5.41 Å². The van der Waals surface area contributed by atoms with Gasteiger partial charge in [0.15, 0.2) is 0 Å². The van der Waals surface area contributed by atoms with Crippen LogP contribution in [0.15, 0.2) is 0 Å². The Labute approximate surface area is 67.2 Å². The number of nitriles is 1. The summed E-state index contributed by atoms with van der Waals surface area (Å²) in [5, 5.41) is 8.78. The lowest BCUT2D eigenvalue weighted by molar-refractivity contribution is -0.130. The molecule has 2 heteroatoms. The largest absolute Gasteiger partial charge is 0.300 e. The molecule has 0 aromatic rings. The average Bonchev–Trinajstić information content (AvgIpc) is 1.96. The fourth-order valence-electron chi connectivity index (χ4n) is 1.53. The Morgan fingerprint density at radius 3 is 2.64 bits per heavy atom. The maximum Gasteiger partial charge on any atom is 0.136 e. The van der Waals surface area contributed by atoms with Gasteiger partial charge in [-0.25, -0.2) is 0 Å². The zero-order chi connectivity index (χ0) is 8.32. The Morgan fingerprint density at radius 1 is 1.64 bits per heavy atom. The van der Waals surface area contributed by atoms with Gasteiger partial charge in [-0.05, 0) is 6.42 Å². The number of unbranched alkanes of at least 4 members (excludes halogenated alkanes) is 1. The molecule has 0 aromatic heterocycles. The highest BCUT2D eigenvalue weighted by molar-refractivity contribution is 5.87. The summed E-state index contributed by atoms with van der Waals surface area (Å²) in [5.74, 6) is 0.252. The summed E-state index contributed by atoms with van der Waals surface area (Å²) in [6, 6.07) is 2.26. The third kappa shape index (κ3) is 1.59. The molecule has 1 aliphatic rings. The van der Waals surface area contributed by atoms with Crippen molar-refractivity contribution in [3.8, 4) is 6.07 Å². The molecule has 0 radical (unpaired) electrons. The van der Waals surface area contributed by atoms with E-state index in [1.54, 1.807) is 0 Å². The quantitative estimate of drug-likeness (QED) is 0.619. The first-order valence-corrected chi connectivity index (χ1v) is 4.15. The molecule has 0 amide bonds. The molecule has 0 bridgehead atoms. The average molecular weight is 151 g/mol. The van der Waals surface area contributed by atoms with E-state index in [9.17, 15) is 4.79 Å². The zero-order valence-corrected chi connectivity index (χ0v) is 6.89. The molecule has 1 aliphatic carbocycles. The fourth-order valence-corrected chi connectivity index (χ4v) is 1.53. The number of hydrogen-bond acceptors (Lipinski definition) is 2. The number of carbonyl (C=O) groups excluding carboxylic acids is 1. The van der Waals surface area contributed by atoms with Gasteiger partial charge in [0.1, 0.15) is 5.78 Å². The van der Waals surface area contributed by atoms with E-state index in [-0.39, 0.29) is 11.2 Å². The molecule has 0 saturated heterocycles. The van der Waals surface area contributed by atoms with E-state index in [1.807, 2.05) is 0 Å². The third-order valence-electron chi connectivity index (χ3n) is 2.32. The van der Waals surface area contributed by atoms with Crippen LogP contribution in [0.4, 0.5) is 0 Å².